The van der Waals surface area contributed by atoms with Gasteiger partial charge in [-0.1, -0.05) is 23.9 Å². The third kappa shape index (κ3) is 4.10. The Kier molecular flexibility index (Phi) is 5.45. The maximum absolute atomic E-state index is 13.0. The monoisotopic (exact) mass is 399 g/mol. The Labute approximate surface area is 165 Å². The van der Waals surface area contributed by atoms with Crippen LogP contribution in [0.25, 0.3) is 10.9 Å². The molecule has 0 bridgehead atoms. The first-order valence-electron chi connectivity index (χ1n) is 9.16. The number of thioether (sulfide) groups is 1. The zero-order valence-electron chi connectivity index (χ0n) is 15.5. The number of nitrogens with zero attached hydrogens (tertiary/aromatic N) is 3. The van der Waals surface area contributed by atoms with E-state index in [4.69, 9.17) is 4.74 Å². The minimum absolute atomic E-state index is 0.000805. The van der Waals surface area contributed by atoms with Gasteiger partial charge in [0.1, 0.15) is 0 Å². The molecule has 1 saturated heterocycles. The first-order chi connectivity index (χ1) is 13.6. The number of aryl methyl sites for hydroxylation is 1. The highest BCUT2D eigenvalue weighted by Crippen LogP contribution is 2.21. The predicted molar refractivity (Wildman–Crippen MR) is 108 cm³/mol. The Morgan fingerprint density at radius 3 is 3.04 bits per heavy atom. The lowest BCUT2D eigenvalue weighted by Gasteiger charge is -2.16. The second-order valence-corrected chi connectivity index (χ2v) is 7.68. The number of aromatic nitrogens is 4. The fourth-order valence-corrected chi connectivity index (χ4v) is 4.01. The van der Waals surface area contributed by atoms with Crippen molar-refractivity contribution in [3.8, 4) is 0 Å². The lowest BCUT2D eigenvalue weighted by atomic mass is 10.2. The van der Waals surface area contributed by atoms with Gasteiger partial charge in [0.15, 0.2) is 11.0 Å². The van der Waals surface area contributed by atoms with Crippen LogP contribution in [0, 0.1) is 6.92 Å². The van der Waals surface area contributed by atoms with Gasteiger partial charge in [-0.15, -0.1) is 0 Å². The van der Waals surface area contributed by atoms with Crippen LogP contribution in [0.2, 0.25) is 0 Å². The molecule has 1 amide bonds. The minimum Gasteiger partial charge on any atom is -0.376 e. The van der Waals surface area contributed by atoms with E-state index in [9.17, 15) is 9.59 Å². The molecule has 0 radical (unpaired) electrons. The van der Waals surface area contributed by atoms with Crippen molar-refractivity contribution >= 4 is 34.4 Å². The average Bonchev–Trinajstić information content (AvgIpc) is 3.34. The zero-order chi connectivity index (χ0) is 19.5. The van der Waals surface area contributed by atoms with E-state index in [1.165, 1.54) is 11.8 Å². The van der Waals surface area contributed by atoms with Crippen LogP contribution in [0.4, 0.5) is 5.82 Å². The van der Waals surface area contributed by atoms with Crippen molar-refractivity contribution in [2.75, 3.05) is 17.7 Å². The largest absolute Gasteiger partial charge is 0.376 e. The van der Waals surface area contributed by atoms with Gasteiger partial charge in [0.05, 0.1) is 29.3 Å². The number of para-hydroxylation sites is 1. The van der Waals surface area contributed by atoms with E-state index in [0.717, 1.165) is 18.5 Å². The van der Waals surface area contributed by atoms with E-state index in [2.05, 4.69) is 20.5 Å². The molecule has 0 unspecified atom stereocenters. The molecule has 2 N–H and O–H groups in total. The molecule has 0 spiro atoms. The Hall–Kier alpha value is -2.65. The first kappa shape index (κ1) is 18.7. The number of rotatable bonds is 6. The maximum Gasteiger partial charge on any atom is 0.262 e. The van der Waals surface area contributed by atoms with Gasteiger partial charge in [0.2, 0.25) is 5.91 Å². The number of hydrogen-bond donors (Lipinski definition) is 2. The standard InChI is InChI=1S/C19H21N5O3S/c1-12-9-16(23-22-12)21-17(25)11-28-19-20-15-7-3-2-6-14(15)18(26)24(19)10-13-5-4-8-27-13/h2-3,6-7,9,13H,4-5,8,10-11H2,1H3,(H2,21,22,23,25)/t13-/m0/s1. The van der Waals surface area contributed by atoms with Crippen LogP contribution in [0.3, 0.4) is 0 Å². The van der Waals surface area contributed by atoms with E-state index < -0.39 is 0 Å². The SMILES string of the molecule is Cc1cc(NC(=O)CSc2nc3ccccc3c(=O)n2C[C@@H]2CCCO2)n[nH]1. The molecule has 4 rings (SSSR count). The highest BCUT2D eigenvalue weighted by atomic mass is 32.2. The van der Waals surface area contributed by atoms with Gasteiger partial charge in [-0.3, -0.25) is 19.3 Å². The Morgan fingerprint density at radius 2 is 2.29 bits per heavy atom. The zero-order valence-corrected chi connectivity index (χ0v) is 16.3. The van der Waals surface area contributed by atoms with Gasteiger partial charge < -0.3 is 10.1 Å². The fraction of sp³-hybridized carbons (Fsp3) is 0.368. The number of nitrogens with one attached hydrogen (secondary N) is 2. The normalized spacial score (nSPS) is 16.5. The minimum atomic E-state index is -0.206. The van der Waals surface area contributed by atoms with Gasteiger partial charge in [-0.2, -0.15) is 5.10 Å². The van der Waals surface area contributed by atoms with E-state index in [1.54, 1.807) is 16.7 Å². The lowest BCUT2D eigenvalue weighted by molar-refractivity contribution is -0.113. The second kappa shape index (κ2) is 8.15. The fourth-order valence-electron chi connectivity index (χ4n) is 3.20. The second-order valence-electron chi connectivity index (χ2n) is 6.74. The first-order valence-corrected chi connectivity index (χ1v) is 10.1. The van der Waals surface area contributed by atoms with Crippen molar-refractivity contribution in [3.63, 3.8) is 0 Å². The molecule has 146 valence electrons. The van der Waals surface area contributed by atoms with Crippen LogP contribution in [0.15, 0.2) is 40.3 Å². The molecule has 8 nitrogen and oxygen atoms in total. The van der Waals surface area contributed by atoms with E-state index in [1.807, 2.05) is 25.1 Å². The molecule has 3 heterocycles. The summed E-state index contributed by atoms with van der Waals surface area (Å²) in [7, 11) is 0. The number of carbonyl (C=O) groups is 1. The molecule has 1 fully saturated rings. The Bertz CT molecular complexity index is 1060. The number of hydrogen-bond acceptors (Lipinski definition) is 6. The molecule has 0 aliphatic carbocycles. The van der Waals surface area contributed by atoms with E-state index in [0.29, 0.717) is 35.0 Å². The van der Waals surface area contributed by atoms with Crippen LogP contribution < -0.4 is 10.9 Å². The van der Waals surface area contributed by atoms with Crippen molar-refractivity contribution in [3.05, 3.63) is 46.4 Å². The lowest BCUT2D eigenvalue weighted by Crippen LogP contribution is -2.29. The van der Waals surface area contributed by atoms with Crippen molar-refractivity contribution < 1.29 is 9.53 Å². The molecule has 2 aromatic heterocycles. The van der Waals surface area contributed by atoms with Crippen molar-refractivity contribution in [2.45, 2.75) is 37.6 Å². The van der Waals surface area contributed by atoms with Crippen LogP contribution in [0.1, 0.15) is 18.5 Å². The van der Waals surface area contributed by atoms with Gasteiger partial charge in [0.25, 0.3) is 5.56 Å². The molecule has 1 aliphatic rings. The quantitative estimate of drug-likeness (QED) is 0.487. The van der Waals surface area contributed by atoms with Crippen LogP contribution in [-0.4, -0.2) is 44.1 Å². The summed E-state index contributed by atoms with van der Waals surface area (Å²) in [5, 5.41) is 10.6. The highest BCUT2D eigenvalue weighted by molar-refractivity contribution is 7.99. The van der Waals surface area contributed by atoms with Gasteiger partial charge in [-0.05, 0) is 31.9 Å². The van der Waals surface area contributed by atoms with Crippen molar-refractivity contribution in [1.82, 2.24) is 19.7 Å². The average molecular weight is 399 g/mol. The summed E-state index contributed by atoms with van der Waals surface area (Å²) in [6.07, 6.45) is 1.91. The number of anilines is 1. The van der Waals surface area contributed by atoms with Gasteiger partial charge in [0, 0.05) is 18.4 Å². The highest BCUT2D eigenvalue weighted by Gasteiger charge is 2.20. The summed E-state index contributed by atoms with van der Waals surface area (Å²) in [6, 6.07) is 9.01. The molecule has 1 aromatic carbocycles. The number of aromatic amines is 1. The smallest absolute Gasteiger partial charge is 0.262 e. The van der Waals surface area contributed by atoms with E-state index in [-0.39, 0.29) is 23.3 Å². The summed E-state index contributed by atoms with van der Waals surface area (Å²) in [6.45, 7) is 3.02. The molecule has 1 aliphatic heterocycles. The summed E-state index contributed by atoms with van der Waals surface area (Å²) >= 11 is 1.24. The van der Waals surface area contributed by atoms with Crippen LogP contribution in [-0.2, 0) is 16.1 Å². The molecule has 3 aromatic rings. The third-order valence-corrected chi connectivity index (χ3v) is 5.52. The van der Waals surface area contributed by atoms with Gasteiger partial charge >= 0.3 is 0 Å². The summed E-state index contributed by atoms with van der Waals surface area (Å²) in [5.41, 5.74) is 1.39. The van der Waals surface area contributed by atoms with Crippen molar-refractivity contribution in [2.24, 2.45) is 0 Å². The van der Waals surface area contributed by atoms with Crippen LogP contribution in [0.5, 0.6) is 0 Å². The number of amides is 1. The number of carbonyl (C=O) groups excluding carboxylic acids is 1. The molecule has 0 saturated carbocycles. The topological polar surface area (TPSA) is 102 Å². The van der Waals surface area contributed by atoms with Crippen molar-refractivity contribution in [1.29, 1.82) is 0 Å². The predicted octanol–water partition coefficient (Wildman–Crippen LogP) is 2.34. The number of H-pyrrole nitrogens is 1. The Morgan fingerprint density at radius 1 is 1.43 bits per heavy atom. The van der Waals surface area contributed by atoms with Crippen LogP contribution >= 0.6 is 11.8 Å². The molecule has 1 atom stereocenters. The molecular formula is C19H21N5O3S. The third-order valence-electron chi connectivity index (χ3n) is 4.54. The molecule has 28 heavy (non-hydrogen) atoms. The van der Waals surface area contributed by atoms with E-state index >= 15 is 0 Å². The molecular weight excluding hydrogens is 378 g/mol. The maximum atomic E-state index is 13.0. The van der Waals surface area contributed by atoms with Gasteiger partial charge in [-0.25, -0.2) is 4.98 Å². The summed E-state index contributed by atoms with van der Waals surface area (Å²) in [4.78, 5) is 29.9. The number of ether oxygens (including phenoxy) is 1. The summed E-state index contributed by atoms with van der Waals surface area (Å²) in [5.74, 6) is 0.399. The number of benzene rings is 1. The molecule has 9 heteroatoms. The Balaban J connectivity index is 1.57. The summed E-state index contributed by atoms with van der Waals surface area (Å²) < 4.78 is 7.33. The number of fused-ring (bicyclic) bond motifs is 1.